The Kier molecular flexibility index (Phi) is 8.20. The minimum atomic E-state index is -0.168. The van der Waals surface area contributed by atoms with Gasteiger partial charge in [-0.05, 0) is 108 Å². The van der Waals surface area contributed by atoms with Gasteiger partial charge in [0, 0.05) is 22.1 Å². The molecule has 1 aliphatic rings. The van der Waals surface area contributed by atoms with E-state index in [1.54, 1.807) is 0 Å². The molecule has 59 heavy (non-hydrogen) atoms. The Morgan fingerprint density at radius 2 is 0.831 bits per heavy atom. The minimum absolute atomic E-state index is 0.168. The average Bonchev–Trinajstić information content (AvgIpc) is 3.53. The van der Waals surface area contributed by atoms with Crippen molar-refractivity contribution >= 4 is 21.5 Å². The Bertz CT molecular complexity index is 3130. The van der Waals surface area contributed by atoms with Gasteiger partial charge < -0.3 is 0 Å². The van der Waals surface area contributed by atoms with Crippen LogP contribution in [0.1, 0.15) is 25.0 Å². The van der Waals surface area contributed by atoms with Crippen LogP contribution in [0.3, 0.4) is 0 Å². The zero-order valence-corrected chi connectivity index (χ0v) is 33.0. The van der Waals surface area contributed by atoms with Crippen molar-refractivity contribution < 1.29 is 0 Å². The van der Waals surface area contributed by atoms with Crippen molar-refractivity contribution in [1.29, 1.82) is 0 Å². The largest absolute Gasteiger partial charge is 0.228 e. The van der Waals surface area contributed by atoms with Gasteiger partial charge >= 0.3 is 0 Å². The molecule has 2 nitrogen and oxygen atoms in total. The highest BCUT2D eigenvalue weighted by atomic mass is 14.9. The summed E-state index contributed by atoms with van der Waals surface area (Å²) in [6.07, 6.45) is 0. The van der Waals surface area contributed by atoms with E-state index in [1.807, 2.05) is 0 Å². The predicted octanol–water partition coefficient (Wildman–Crippen LogP) is 15.1. The third-order valence-electron chi connectivity index (χ3n) is 12.3. The molecule has 0 aliphatic heterocycles. The van der Waals surface area contributed by atoms with E-state index in [-0.39, 0.29) is 5.41 Å². The Morgan fingerprint density at radius 3 is 1.47 bits per heavy atom. The van der Waals surface area contributed by atoms with E-state index in [0.717, 1.165) is 55.5 Å². The summed E-state index contributed by atoms with van der Waals surface area (Å²) in [6.45, 7) is 4.73. The fraction of sp³-hybridized carbons (Fsp3) is 0.0526. The lowest BCUT2D eigenvalue weighted by molar-refractivity contribution is 0.661. The number of aromatic nitrogens is 2. The number of fused-ring (bicyclic) bond motifs is 5. The second-order valence-electron chi connectivity index (χ2n) is 16.2. The lowest BCUT2D eigenvalue weighted by Crippen LogP contribution is -2.14. The molecule has 1 aliphatic carbocycles. The molecule has 9 aromatic carbocycles. The summed E-state index contributed by atoms with van der Waals surface area (Å²) < 4.78 is 0. The van der Waals surface area contributed by atoms with E-state index in [0.29, 0.717) is 5.82 Å². The molecule has 0 bridgehead atoms. The lowest BCUT2D eigenvalue weighted by Gasteiger charge is -2.22. The van der Waals surface area contributed by atoms with Gasteiger partial charge in [0.2, 0.25) is 0 Å². The Labute approximate surface area is 345 Å². The zero-order chi connectivity index (χ0) is 39.5. The fourth-order valence-corrected chi connectivity index (χ4v) is 9.27. The van der Waals surface area contributed by atoms with Gasteiger partial charge in [-0.3, -0.25) is 0 Å². The molecule has 0 radical (unpaired) electrons. The van der Waals surface area contributed by atoms with Crippen LogP contribution in [-0.2, 0) is 5.41 Å². The molecule has 1 heterocycles. The van der Waals surface area contributed by atoms with E-state index < -0.39 is 0 Å². The quantitative estimate of drug-likeness (QED) is 0.169. The SMILES string of the molecule is CC1(C)c2cc3ccccc3cc2-c2c(-c3ccc4ccccc4c3-c3nc(-c4cccc(-c5ccccc5)c4)cc(-c4cccc(-c5ccccc5)c4)n3)cccc21. The van der Waals surface area contributed by atoms with Crippen molar-refractivity contribution in [3.63, 3.8) is 0 Å². The van der Waals surface area contributed by atoms with E-state index in [1.165, 1.54) is 49.7 Å². The van der Waals surface area contributed by atoms with Crippen LogP contribution in [0.2, 0.25) is 0 Å². The molecule has 0 saturated heterocycles. The second kappa shape index (κ2) is 13.9. The van der Waals surface area contributed by atoms with E-state index in [2.05, 4.69) is 220 Å². The van der Waals surface area contributed by atoms with Gasteiger partial charge in [0.25, 0.3) is 0 Å². The first-order valence-electron chi connectivity index (χ1n) is 20.4. The van der Waals surface area contributed by atoms with E-state index in [4.69, 9.17) is 9.97 Å². The Balaban J connectivity index is 1.18. The van der Waals surface area contributed by atoms with E-state index >= 15 is 0 Å². The molecule has 1 aromatic heterocycles. The smallest absolute Gasteiger partial charge is 0.161 e. The molecule has 278 valence electrons. The molecular formula is C57H40N2. The molecule has 0 fully saturated rings. The van der Waals surface area contributed by atoms with Crippen molar-refractivity contribution in [2.75, 3.05) is 0 Å². The van der Waals surface area contributed by atoms with Crippen LogP contribution in [0.5, 0.6) is 0 Å². The molecule has 0 atom stereocenters. The topological polar surface area (TPSA) is 25.8 Å². The summed E-state index contributed by atoms with van der Waals surface area (Å²) in [6, 6.07) is 74.3. The average molecular weight is 753 g/mol. The summed E-state index contributed by atoms with van der Waals surface area (Å²) in [4.78, 5) is 11.1. The van der Waals surface area contributed by atoms with Crippen molar-refractivity contribution in [3.05, 3.63) is 217 Å². The van der Waals surface area contributed by atoms with Gasteiger partial charge in [-0.1, -0.05) is 190 Å². The van der Waals surface area contributed by atoms with E-state index in [9.17, 15) is 0 Å². The first-order valence-corrected chi connectivity index (χ1v) is 20.4. The molecule has 10 aromatic rings. The molecule has 11 rings (SSSR count). The van der Waals surface area contributed by atoms with Crippen LogP contribution in [0.15, 0.2) is 206 Å². The van der Waals surface area contributed by atoms with Crippen LogP contribution >= 0.6 is 0 Å². The van der Waals surface area contributed by atoms with Crippen molar-refractivity contribution in [2.24, 2.45) is 0 Å². The van der Waals surface area contributed by atoms with Crippen molar-refractivity contribution in [3.8, 4) is 78.4 Å². The maximum absolute atomic E-state index is 5.55. The van der Waals surface area contributed by atoms with Gasteiger partial charge in [0.1, 0.15) is 0 Å². The van der Waals surface area contributed by atoms with Crippen molar-refractivity contribution in [2.45, 2.75) is 19.3 Å². The highest BCUT2D eigenvalue weighted by molar-refractivity contribution is 6.07. The Morgan fingerprint density at radius 1 is 0.322 bits per heavy atom. The Hall–Kier alpha value is -7.42. The summed E-state index contributed by atoms with van der Waals surface area (Å²) in [5, 5.41) is 4.79. The molecule has 2 heteroatoms. The van der Waals surface area contributed by atoms with Gasteiger partial charge in [-0.15, -0.1) is 0 Å². The van der Waals surface area contributed by atoms with Crippen LogP contribution in [0.4, 0.5) is 0 Å². The van der Waals surface area contributed by atoms with Crippen molar-refractivity contribution in [1.82, 2.24) is 9.97 Å². The highest BCUT2D eigenvalue weighted by Crippen LogP contribution is 2.54. The van der Waals surface area contributed by atoms with Crippen LogP contribution < -0.4 is 0 Å². The summed E-state index contributed by atoms with van der Waals surface area (Å²) in [5.41, 5.74) is 16.9. The molecule has 0 N–H and O–H groups in total. The highest BCUT2D eigenvalue weighted by Gasteiger charge is 2.37. The number of nitrogens with zero attached hydrogens (tertiary/aromatic N) is 2. The maximum Gasteiger partial charge on any atom is 0.161 e. The molecule has 0 amide bonds. The number of benzene rings is 9. The molecular weight excluding hydrogens is 713 g/mol. The molecule has 0 spiro atoms. The normalized spacial score (nSPS) is 12.7. The van der Waals surface area contributed by atoms with Gasteiger partial charge in [-0.2, -0.15) is 0 Å². The summed E-state index contributed by atoms with van der Waals surface area (Å²) in [5.74, 6) is 0.702. The zero-order valence-electron chi connectivity index (χ0n) is 33.0. The number of hydrogen-bond donors (Lipinski definition) is 0. The van der Waals surface area contributed by atoms with Crippen LogP contribution in [0, 0.1) is 0 Å². The standard InChI is InChI=1S/C57H40N2/c1-57(2)50-29-15-28-47(54(50)49-34-42-21-9-10-22-43(42)35-51(49)57)48-31-30-39-20-11-12-27-46(39)55(48)56-58-52(44-25-13-23-40(32-44)37-16-5-3-6-17-37)36-53(59-56)45-26-14-24-41(33-45)38-18-7-4-8-19-38/h3-36H,1-2H3. The number of hydrogen-bond acceptors (Lipinski definition) is 2. The summed E-state index contributed by atoms with van der Waals surface area (Å²) in [7, 11) is 0. The fourth-order valence-electron chi connectivity index (χ4n) is 9.27. The second-order valence-corrected chi connectivity index (χ2v) is 16.2. The number of rotatable bonds is 6. The van der Waals surface area contributed by atoms with Gasteiger partial charge in [-0.25, -0.2) is 9.97 Å². The first-order chi connectivity index (χ1) is 29.0. The van der Waals surface area contributed by atoms with Gasteiger partial charge in [0.05, 0.1) is 11.4 Å². The lowest BCUT2D eigenvalue weighted by atomic mass is 9.81. The predicted molar refractivity (Wildman–Crippen MR) is 247 cm³/mol. The molecule has 0 unspecified atom stereocenters. The molecule has 0 saturated carbocycles. The third kappa shape index (κ3) is 5.96. The minimum Gasteiger partial charge on any atom is -0.228 e. The summed E-state index contributed by atoms with van der Waals surface area (Å²) >= 11 is 0. The third-order valence-corrected chi connectivity index (χ3v) is 12.3. The monoisotopic (exact) mass is 752 g/mol. The maximum atomic E-state index is 5.55. The van der Waals surface area contributed by atoms with Gasteiger partial charge in [0.15, 0.2) is 5.82 Å². The van der Waals surface area contributed by atoms with Crippen LogP contribution in [-0.4, -0.2) is 9.97 Å². The first kappa shape index (κ1) is 34.8. The van der Waals surface area contributed by atoms with Crippen LogP contribution in [0.25, 0.3) is 100.0 Å².